The Morgan fingerprint density at radius 3 is 2.74 bits per heavy atom. The second-order valence-electron chi connectivity index (χ2n) is 6.52. The van der Waals surface area contributed by atoms with Crippen molar-refractivity contribution in [1.29, 1.82) is 0 Å². The van der Waals surface area contributed by atoms with Crippen molar-refractivity contribution in [3.8, 4) is 11.5 Å². The molecule has 6 nitrogen and oxygen atoms in total. The molecule has 0 atom stereocenters. The van der Waals surface area contributed by atoms with Gasteiger partial charge in [0.1, 0.15) is 13.2 Å². The second kappa shape index (κ2) is 7.15. The van der Waals surface area contributed by atoms with Crippen LogP contribution in [0.3, 0.4) is 0 Å². The summed E-state index contributed by atoms with van der Waals surface area (Å²) >= 11 is 0. The molecule has 138 valence electrons. The zero-order valence-electron chi connectivity index (χ0n) is 15.0. The third-order valence-electron chi connectivity index (χ3n) is 4.64. The first-order valence-corrected chi connectivity index (χ1v) is 8.88. The Hall–Kier alpha value is -3.28. The molecule has 0 saturated heterocycles. The fraction of sp³-hybridized carbons (Fsp3) is 0.238. The van der Waals surface area contributed by atoms with E-state index in [2.05, 4.69) is 5.32 Å². The number of carbonyl (C=O) groups is 1. The zero-order valence-corrected chi connectivity index (χ0v) is 15.0. The van der Waals surface area contributed by atoms with Gasteiger partial charge in [-0.1, -0.05) is 12.1 Å². The molecule has 0 spiro atoms. The third-order valence-corrected chi connectivity index (χ3v) is 4.64. The van der Waals surface area contributed by atoms with Crippen molar-refractivity contribution in [2.45, 2.75) is 12.8 Å². The van der Waals surface area contributed by atoms with E-state index in [4.69, 9.17) is 9.47 Å². The standard InChI is InChI=1S/C21H20N2O4/c1-23-10-9-15-16(21(23)25)3-2-4-17(15)22-20(24)8-6-14-5-7-18-19(13-14)27-12-11-26-18/h2-5,7,9-10,13H,6,8,11-12H2,1H3,(H,22,24). The molecular formula is C21H20N2O4. The number of rotatable bonds is 4. The Kier molecular flexibility index (Phi) is 4.54. The van der Waals surface area contributed by atoms with Gasteiger partial charge in [0.05, 0.1) is 0 Å². The SMILES string of the molecule is Cn1ccc2c(NC(=O)CCc3ccc4c(c3)OCCO4)cccc2c1=O. The van der Waals surface area contributed by atoms with Crippen LogP contribution in [0.4, 0.5) is 5.69 Å². The normalized spacial score (nSPS) is 12.8. The Morgan fingerprint density at radius 2 is 1.89 bits per heavy atom. The minimum Gasteiger partial charge on any atom is -0.486 e. The summed E-state index contributed by atoms with van der Waals surface area (Å²) in [5.41, 5.74) is 1.58. The summed E-state index contributed by atoms with van der Waals surface area (Å²) < 4.78 is 12.6. The number of nitrogens with one attached hydrogen (secondary N) is 1. The van der Waals surface area contributed by atoms with Crippen LogP contribution in [0.2, 0.25) is 0 Å². The number of hydrogen-bond donors (Lipinski definition) is 1. The Balaban J connectivity index is 1.46. The van der Waals surface area contributed by atoms with Crippen LogP contribution in [0, 0.1) is 0 Å². The van der Waals surface area contributed by atoms with Crippen LogP contribution in [-0.4, -0.2) is 23.7 Å². The molecule has 1 aliphatic heterocycles. The van der Waals surface area contributed by atoms with E-state index in [1.807, 2.05) is 30.3 Å². The van der Waals surface area contributed by atoms with Crippen molar-refractivity contribution < 1.29 is 14.3 Å². The summed E-state index contributed by atoms with van der Waals surface area (Å²) in [5, 5.41) is 4.25. The van der Waals surface area contributed by atoms with Gasteiger partial charge in [0.2, 0.25) is 5.91 Å². The van der Waals surface area contributed by atoms with Crippen LogP contribution < -0.4 is 20.3 Å². The van der Waals surface area contributed by atoms with E-state index in [-0.39, 0.29) is 11.5 Å². The van der Waals surface area contributed by atoms with Crippen molar-refractivity contribution >= 4 is 22.4 Å². The molecule has 3 aromatic rings. The van der Waals surface area contributed by atoms with Gasteiger partial charge in [0, 0.05) is 36.1 Å². The fourth-order valence-electron chi connectivity index (χ4n) is 3.20. The smallest absolute Gasteiger partial charge is 0.258 e. The molecule has 2 heterocycles. The molecule has 0 fully saturated rings. The molecule has 0 radical (unpaired) electrons. The van der Waals surface area contributed by atoms with E-state index >= 15 is 0 Å². The zero-order chi connectivity index (χ0) is 18.8. The molecule has 27 heavy (non-hydrogen) atoms. The first-order chi connectivity index (χ1) is 13.1. The number of pyridine rings is 1. The summed E-state index contributed by atoms with van der Waals surface area (Å²) in [4.78, 5) is 24.6. The molecule has 1 aliphatic rings. The second-order valence-corrected chi connectivity index (χ2v) is 6.52. The average molecular weight is 364 g/mol. The lowest BCUT2D eigenvalue weighted by molar-refractivity contribution is -0.116. The number of hydrogen-bond acceptors (Lipinski definition) is 4. The maximum atomic E-state index is 12.4. The van der Waals surface area contributed by atoms with Gasteiger partial charge >= 0.3 is 0 Å². The fourth-order valence-corrected chi connectivity index (χ4v) is 3.20. The quantitative estimate of drug-likeness (QED) is 0.773. The van der Waals surface area contributed by atoms with E-state index in [0.29, 0.717) is 37.1 Å². The minimum absolute atomic E-state index is 0.0834. The van der Waals surface area contributed by atoms with Gasteiger partial charge in [0.25, 0.3) is 5.56 Å². The van der Waals surface area contributed by atoms with E-state index in [1.54, 1.807) is 25.4 Å². The van der Waals surface area contributed by atoms with Crippen LogP contribution in [0.25, 0.3) is 10.8 Å². The van der Waals surface area contributed by atoms with E-state index in [1.165, 1.54) is 4.57 Å². The summed E-state index contributed by atoms with van der Waals surface area (Å²) in [5.74, 6) is 1.37. The molecule has 4 rings (SSSR count). The van der Waals surface area contributed by atoms with Gasteiger partial charge in [-0.3, -0.25) is 9.59 Å². The third kappa shape index (κ3) is 3.51. The number of nitrogens with zero attached hydrogens (tertiary/aromatic N) is 1. The molecule has 1 aromatic heterocycles. The molecule has 2 aromatic carbocycles. The van der Waals surface area contributed by atoms with Crippen molar-refractivity contribution in [3.05, 3.63) is 64.6 Å². The molecular weight excluding hydrogens is 344 g/mol. The first-order valence-electron chi connectivity index (χ1n) is 8.88. The Bertz CT molecular complexity index is 1070. The van der Waals surface area contributed by atoms with Crippen LogP contribution in [0.5, 0.6) is 11.5 Å². The molecule has 0 aliphatic carbocycles. The van der Waals surface area contributed by atoms with Gasteiger partial charge in [-0.15, -0.1) is 0 Å². The average Bonchev–Trinajstić information content (AvgIpc) is 2.69. The van der Waals surface area contributed by atoms with Gasteiger partial charge in [-0.05, 0) is 42.3 Å². The van der Waals surface area contributed by atoms with E-state index < -0.39 is 0 Å². The summed E-state index contributed by atoms with van der Waals surface area (Å²) in [6.07, 6.45) is 2.63. The predicted molar refractivity (Wildman–Crippen MR) is 104 cm³/mol. The number of carbonyl (C=O) groups excluding carboxylic acids is 1. The van der Waals surface area contributed by atoms with E-state index in [0.717, 1.165) is 22.4 Å². The molecule has 0 unspecified atom stereocenters. The van der Waals surface area contributed by atoms with Crippen molar-refractivity contribution in [1.82, 2.24) is 4.57 Å². The van der Waals surface area contributed by atoms with E-state index in [9.17, 15) is 9.59 Å². The lowest BCUT2D eigenvalue weighted by Crippen LogP contribution is -2.17. The summed E-state index contributed by atoms with van der Waals surface area (Å²) in [6.45, 7) is 1.10. The maximum absolute atomic E-state index is 12.4. The molecule has 1 N–H and O–H groups in total. The van der Waals surface area contributed by atoms with Crippen LogP contribution in [-0.2, 0) is 18.3 Å². The van der Waals surface area contributed by atoms with Gasteiger partial charge < -0.3 is 19.4 Å². The Labute approximate surface area is 156 Å². The van der Waals surface area contributed by atoms with Crippen molar-refractivity contribution in [3.63, 3.8) is 0 Å². The van der Waals surface area contributed by atoms with Crippen LogP contribution in [0.1, 0.15) is 12.0 Å². The van der Waals surface area contributed by atoms with Gasteiger partial charge in [-0.25, -0.2) is 0 Å². The highest BCUT2D eigenvalue weighted by Gasteiger charge is 2.13. The highest BCUT2D eigenvalue weighted by atomic mass is 16.6. The minimum atomic E-state index is -0.0990. The highest BCUT2D eigenvalue weighted by molar-refractivity contribution is 6.01. The number of anilines is 1. The molecule has 6 heteroatoms. The van der Waals surface area contributed by atoms with Crippen molar-refractivity contribution in [2.24, 2.45) is 7.05 Å². The monoisotopic (exact) mass is 364 g/mol. The number of fused-ring (bicyclic) bond motifs is 2. The predicted octanol–water partition coefficient (Wildman–Crippen LogP) is 2.88. The summed E-state index contributed by atoms with van der Waals surface area (Å²) in [6, 6.07) is 12.9. The number of ether oxygens (including phenoxy) is 2. The topological polar surface area (TPSA) is 69.6 Å². The number of aromatic nitrogens is 1. The molecule has 0 saturated carbocycles. The highest BCUT2D eigenvalue weighted by Crippen LogP contribution is 2.31. The van der Waals surface area contributed by atoms with Crippen molar-refractivity contribution in [2.75, 3.05) is 18.5 Å². The lowest BCUT2D eigenvalue weighted by atomic mass is 10.1. The first kappa shape index (κ1) is 17.1. The number of aryl methyl sites for hydroxylation is 2. The Morgan fingerprint density at radius 1 is 1.07 bits per heavy atom. The largest absolute Gasteiger partial charge is 0.486 e. The lowest BCUT2D eigenvalue weighted by Gasteiger charge is -2.18. The van der Waals surface area contributed by atoms with Crippen LogP contribution >= 0.6 is 0 Å². The molecule has 0 bridgehead atoms. The van der Waals surface area contributed by atoms with Gasteiger partial charge in [-0.2, -0.15) is 0 Å². The number of amides is 1. The van der Waals surface area contributed by atoms with Crippen LogP contribution in [0.15, 0.2) is 53.5 Å². The van der Waals surface area contributed by atoms with Gasteiger partial charge in [0.15, 0.2) is 11.5 Å². The number of benzene rings is 2. The molecule has 1 amide bonds. The maximum Gasteiger partial charge on any atom is 0.258 e. The summed E-state index contributed by atoms with van der Waals surface area (Å²) in [7, 11) is 1.71.